The molecule has 2 aromatic rings. The second kappa shape index (κ2) is 3.97. The number of hydrogen-bond donors (Lipinski definition) is 1. The van der Waals surface area contributed by atoms with Gasteiger partial charge >= 0.3 is 0 Å². The molecule has 1 fully saturated rings. The lowest BCUT2D eigenvalue weighted by Gasteiger charge is -2.21. The van der Waals surface area contributed by atoms with Gasteiger partial charge in [-0.05, 0) is 11.4 Å². The van der Waals surface area contributed by atoms with E-state index >= 15 is 0 Å². The van der Waals surface area contributed by atoms with Gasteiger partial charge in [-0.15, -0.1) is 11.3 Å². The van der Waals surface area contributed by atoms with Gasteiger partial charge in [0.1, 0.15) is 16.8 Å². The summed E-state index contributed by atoms with van der Waals surface area (Å²) in [5, 5.41) is 2.86. The van der Waals surface area contributed by atoms with Crippen LogP contribution in [-0.2, 0) is 9.47 Å². The molecule has 84 valence electrons. The first-order chi connectivity index (χ1) is 7.84. The van der Waals surface area contributed by atoms with Gasteiger partial charge in [0.05, 0.1) is 25.2 Å². The Labute approximate surface area is 96.2 Å². The van der Waals surface area contributed by atoms with Crippen LogP contribution >= 0.6 is 11.3 Å². The maximum absolute atomic E-state index is 5.87. The fraction of sp³-hybridized carbons (Fsp3) is 0.400. The van der Waals surface area contributed by atoms with E-state index in [1.807, 2.05) is 11.4 Å². The van der Waals surface area contributed by atoms with E-state index in [4.69, 9.17) is 15.2 Å². The summed E-state index contributed by atoms with van der Waals surface area (Å²) >= 11 is 1.55. The predicted octanol–water partition coefficient (Wildman–Crippen LogP) is 1.36. The molecule has 1 aliphatic rings. The minimum absolute atomic E-state index is 0.192. The Bertz CT molecular complexity index is 508. The number of aromatic nitrogens is 2. The van der Waals surface area contributed by atoms with Gasteiger partial charge in [-0.3, -0.25) is 0 Å². The highest BCUT2D eigenvalue weighted by Crippen LogP contribution is 2.26. The van der Waals surface area contributed by atoms with E-state index in [1.54, 1.807) is 11.3 Å². The number of nitrogen functional groups attached to an aromatic ring is 1. The topological polar surface area (TPSA) is 70.3 Å². The smallest absolute Gasteiger partial charge is 0.163 e. The minimum atomic E-state index is -0.192. The number of nitrogens with two attached hydrogens (primary N) is 1. The van der Waals surface area contributed by atoms with Crippen molar-refractivity contribution in [1.29, 1.82) is 0 Å². The van der Waals surface area contributed by atoms with Crippen LogP contribution in [0.25, 0.3) is 10.2 Å². The summed E-state index contributed by atoms with van der Waals surface area (Å²) in [6.07, 6.45) is -0.192. The quantitative estimate of drug-likeness (QED) is 0.811. The van der Waals surface area contributed by atoms with Crippen molar-refractivity contribution in [3.63, 3.8) is 0 Å². The average Bonchev–Trinajstić information content (AvgIpc) is 2.79. The third-order valence-electron chi connectivity index (χ3n) is 2.48. The molecule has 0 spiro atoms. The van der Waals surface area contributed by atoms with Crippen molar-refractivity contribution in [2.24, 2.45) is 0 Å². The van der Waals surface area contributed by atoms with Gasteiger partial charge in [0.2, 0.25) is 0 Å². The minimum Gasteiger partial charge on any atom is -0.383 e. The molecule has 1 aliphatic heterocycles. The summed E-state index contributed by atoms with van der Waals surface area (Å²) in [5.41, 5.74) is 5.87. The van der Waals surface area contributed by atoms with Gasteiger partial charge in [-0.2, -0.15) is 0 Å². The molecule has 2 aromatic heterocycles. The summed E-state index contributed by atoms with van der Waals surface area (Å²) in [4.78, 5) is 9.61. The molecule has 1 atom stereocenters. The predicted molar refractivity (Wildman–Crippen MR) is 61.3 cm³/mol. The van der Waals surface area contributed by atoms with E-state index < -0.39 is 0 Å². The van der Waals surface area contributed by atoms with Crippen molar-refractivity contribution in [3.8, 4) is 0 Å². The summed E-state index contributed by atoms with van der Waals surface area (Å²) in [6.45, 7) is 1.71. The lowest BCUT2D eigenvalue weighted by Crippen LogP contribution is -2.23. The van der Waals surface area contributed by atoms with Crippen LogP contribution in [0.5, 0.6) is 0 Å². The fourth-order valence-electron chi connectivity index (χ4n) is 1.68. The Hall–Kier alpha value is -1.24. The van der Waals surface area contributed by atoms with Gasteiger partial charge in [-0.1, -0.05) is 0 Å². The van der Waals surface area contributed by atoms with Gasteiger partial charge in [0, 0.05) is 0 Å². The summed E-state index contributed by atoms with van der Waals surface area (Å²) in [6, 6.07) is 1.93. The molecule has 0 amide bonds. The van der Waals surface area contributed by atoms with Crippen molar-refractivity contribution < 1.29 is 9.47 Å². The molecule has 6 heteroatoms. The summed E-state index contributed by atoms with van der Waals surface area (Å²) < 4.78 is 10.9. The monoisotopic (exact) mass is 237 g/mol. The second-order valence-corrected chi connectivity index (χ2v) is 4.44. The summed E-state index contributed by atoms with van der Waals surface area (Å²) in [7, 11) is 0. The lowest BCUT2D eigenvalue weighted by atomic mass is 10.3. The van der Waals surface area contributed by atoms with Gasteiger partial charge in [0.25, 0.3) is 0 Å². The van der Waals surface area contributed by atoms with Crippen molar-refractivity contribution in [3.05, 3.63) is 17.3 Å². The molecule has 1 unspecified atom stereocenters. The van der Waals surface area contributed by atoms with Crippen LogP contribution in [0.2, 0.25) is 0 Å². The molecular formula is C10H11N3O2S. The van der Waals surface area contributed by atoms with Crippen LogP contribution in [0.1, 0.15) is 11.9 Å². The molecule has 0 aliphatic carbocycles. The standard InChI is InChI=1S/C10H11N3O2S/c11-8-6-1-4-16-10(6)13-9(12-8)7-5-14-2-3-15-7/h1,4,7H,2-3,5H2,(H2,11,12,13). The van der Waals surface area contributed by atoms with Gasteiger partial charge < -0.3 is 15.2 Å². The molecular weight excluding hydrogens is 226 g/mol. The van der Waals surface area contributed by atoms with Crippen molar-refractivity contribution in [2.75, 3.05) is 25.6 Å². The number of rotatable bonds is 1. The van der Waals surface area contributed by atoms with Crippen LogP contribution in [0.4, 0.5) is 5.82 Å². The van der Waals surface area contributed by atoms with Crippen LogP contribution in [0, 0.1) is 0 Å². The van der Waals surface area contributed by atoms with Gasteiger partial charge in [-0.25, -0.2) is 9.97 Å². The average molecular weight is 237 g/mol. The zero-order valence-electron chi connectivity index (χ0n) is 8.55. The number of anilines is 1. The van der Waals surface area contributed by atoms with E-state index in [0.29, 0.717) is 31.5 Å². The van der Waals surface area contributed by atoms with E-state index in [-0.39, 0.29) is 6.10 Å². The molecule has 2 N–H and O–H groups in total. The number of hydrogen-bond acceptors (Lipinski definition) is 6. The number of nitrogens with zero attached hydrogens (tertiary/aromatic N) is 2. The fourth-order valence-corrected chi connectivity index (χ4v) is 2.46. The second-order valence-electron chi connectivity index (χ2n) is 3.54. The molecule has 0 radical (unpaired) electrons. The maximum Gasteiger partial charge on any atom is 0.163 e. The maximum atomic E-state index is 5.87. The van der Waals surface area contributed by atoms with E-state index in [2.05, 4.69) is 9.97 Å². The normalized spacial score (nSPS) is 21.4. The van der Waals surface area contributed by atoms with Crippen LogP contribution in [-0.4, -0.2) is 29.8 Å². The number of fused-ring (bicyclic) bond motifs is 1. The first-order valence-corrected chi connectivity index (χ1v) is 5.92. The van der Waals surface area contributed by atoms with Crippen molar-refractivity contribution >= 4 is 27.4 Å². The lowest BCUT2D eigenvalue weighted by molar-refractivity contribution is -0.0933. The Balaban J connectivity index is 2.02. The van der Waals surface area contributed by atoms with Crippen molar-refractivity contribution in [1.82, 2.24) is 9.97 Å². The molecule has 3 heterocycles. The Kier molecular flexibility index (Phi) is 2.47. The molecule has 0 bridgehead atoms. The molecule has 0 saturated carbocycles. The largest absolute Gasteiger partial charge is 0.383 e. The van der Waals surface area contributed by atoms with E-state index in [1.165, 1.54) is 0 Å². The number of ether oxygens (including phenoxy) is 2. The highest BCUT2D eigenvalue weighted by atomic mass is 32.1. The zero-order valence-corrected chi connectivity index (χ0v) is 9.37. The molecule has 0 aromatic carbocycles. The van der Waals surface area contributed by atoms with Crippen molar-refractivity contribution in [2.45, 2.75) is 6.10 Å². The Morgan fingerprint density at radius 3 is 3.12 bits per heavy atom. The van der Waals surface area contributed by atoms with Gasteiger partial charge in [0.15, 0.2) is 5.82 Å². The van der Waals surface area contributed by atoms with Crippen LogP contribution in [0.15, 0.2) is 11.4 Å². The van der Waals surface area contributed by atoms with E-state index in [0.717, 1.165) is 10.2 Å². The van der Waals surface area contributed by atoms with Crippen LogP contribution in [0.3, 0.4) is 0 Å². The highest BCUT2D eigenvalue weighted by Gasteiger charge is 2.20. The van der Waals surface area contributed by atoms with Crippen LogP contribution < -0.4 is 5.73 Å². The first kappa shape index (κ1) is 9.95. The zero-order chi connectivity index (χ0) is 11.0. The highest BCUT2D eigenvalue weighted by molar-refractivity contribution is 7.16. The molecule has 1 saturated heterocycles. The first-order valence-electron chi connectivity index (χ1n) is 5.04. The Morgan fingerprint density at radius 2 is 2.31 bits per heavy atom. The SMILES string of the molecule is Nc1nc(C2COCCO2)nc2sccc12. The third kappa shape index (κ3) is 1.64. The Morgan fingerprint density at radius 1 is 1.38 bits per heavy atom. The molecule has 3 rings (SSSR count). The molecule has 5 nitrogen and oxygen atoms in total. The molecule has 16 heavy (non-hydrogen) atoms. The number of thiophene rings is 1. The van der Waals surface area contributed by atoms with E-state index in [9.17, 15) is 0 Å². The third-order valence-corrected chi connectivity index (χ3v) is 3.28. The summed E-state index contributed by atoms with van der Waals surface area (Å²) in [5.74, 6) is 1.13.